The van der Waals surface area contributed by atoms with Crippen LogP contribution in [0.5, 0.6) is 0 Å². The third-order valence-corrected chi connectivity index (χ3v) is 3.08. The largest absolute Gasteiger partial charge is 0.368 e. The van der Waals surface area contributed by atoms with E-state index in [1.54, 1.807) is 12.1 Å². The number of carbonyl (C=O) groups excluding carboxylic acids is 1. The fraction of sp³-hybridized carbons (Fsp3) is 0.312. The van der Waals surface area contributed by atoms with Gasteiger partial charge in [0, 0.05) is 13.1 Å². The summed E-state index contributed by atoms with van der Waals surface area (Å²) in [7, 11) is 0. The summed E-state index contributed by atoms with van der Waals surface area (Å²) in [5.41, 5.74) is 0.937. The standard InChI is InChI=1S/C16H19FN4O/c1-2-8-19-16(22)14-10-21-15(11-20-14)18-9-7-12-5-3-4-6-13(12)17/h3-6,10-11H,2,7-9H2,1H3,(H,18,21)(H,19,22). The number of amides is 1. The minimum atomic E-state index is -0.229. The smallest absolute Gasteiger partial charge is 0.271 e. The third kappa shape index (κ3) is 4.51. The van der Waals surface area contributed by atoms with Crippen LogP contribution in [0.3, 0.4) is 0 Å². The van der Waals surface area contributed by atoms with Gasteiger partial charge < -0.3 is 10.6 Å². The molecular weight excluding hydrogens is 283 g/mol. The molecule has 0 bridgehead atoms. The van der Waals surface area contributed by atoms with Gasteiger partial charge in [-0.1, -0.05) is 25.1 Å². The van der Waals surface area contributed by atoms with E-state index in [2.05, 4.69) is 20.6 Å². The fourth-order valence-corrected chi connectivity index (χ4v) is 1.89. The van der Waals surface area contributed by atoms with Crippen LogP contribution >= 0.6 is 0 Å². The Bertz CT molecular complexity index is 616. The summed E-state index contributed by atoms with van der Waals surface area (Å²) in [6.07, 6.45) is 4.35. The van der Waals surface area contributed by atoms with E-state index >= 15 is 0 Å². The fourth-order valence-electron chi connectivity index (χ4n) is 1.89. The highest BCUT2D eigenvalue weighted by Gasteiger charge is 2.07. The Morgan fingerprint density at radius 3 is 2.68 bits per heavy atom. The second-order valence-corrected chi connectivity index (χ2v) is 4.81. The molecule has 1 aromatic carbocycles. The molecule has 116 valence electrons. The quantitative estimate of drug-likeness (QED) is 0.824. The van der Waals surface area contributed by atoms with E-state index in [1.165, 1.54) is 18.5 Å². The molecule has 0 radical (unpaired) electrons. The second kappa shape index (κ2) is 8.07. The number of hydrogen-bond acceptors (Lipinski definition) is 4. The SMILES string of the molecule is CCCNC(=O)c1cnc(NCCc2ccccc2F)cn1. The van der Waals surface area contributed by atoms with Crippen LogP contribution in [-0.4, -0.2) is 29.0 Å². The molecule has 0 fully saturated rings. The summed E-state index contributed by atoms with van der Waals surface area (Å²) in [6, 6.07) is 6.67. The summed E-state index contributed by atoms with van der Waals surface area (Å²) in [5.74, 6) is 0.119. The number of nitrogens with one attached hydrogen (secondary N) is 2. The Kier molecular flexibility index (Phi) is 5.82. The highest BCUT2D eigenvalue weighted by Crippen LogP contribution is 2.08. The zero-order chi connectivity index (χ0) is 15.8. The van der Waals surface area contributed by atoms with E-state index in [0.717, 1.165) is 6.42 Å². The third-order valence-electron chi connectivity index (χ3n) is 3.08. The first-order chi connectivity index (χ1) is 10.7. The minimum Gasteiger partial charge on any atom is -0.368 e. The number of carbonyl (C=O) groups is 1. The summed E-state index contributed by atoms with van der Waals surface area (Å²) >= 11 is 0. The summed E-state index contributed by atoms with van der Waals surface area (Å²) in [4.78, 5) is 19.9. The lowest BCUT2D eigenvalue weighted by Gasteiger charge is -2.07. The van der Waals surface area contributed by atoms with Gasteiger partial charge in [0.2, 0.25) is 0 Å². The lowest BCUT2D eigenvalue weighted by molar-refractivity contribution is 0.0948. The van der Waals surface area contributed by atoms with Crippen LogP contribution in [0.1, 0.15) is 29.4 Å². The first-order valence-electron chi connectivity index (χ1n) is 7.28. The predicted octanol–water partition coefficient (Wildman–Crippen LogP) is 2.41. The minimum absolute atomic E-state index is 0.210. The van der Waals surface area contributed by atoms with Gasteiger partial charge in [0.25, 0.3) is 5.91 Å². The van der Waals surface area contributed by atoms with E-state index in [4.69, 9.17) is 0 Å². The molecular formula is C16H19FN4O. The number of nitrogens with zero attached hydrogens (tertiary/aromatic N) is 2. The molecule has 0 aliphatic heterocycles. The Labute approximate surface area is 129 Å². The molecule has 2 rings (SSSR count). The number of halogens is 1. The summed E-state index contributed by atoms with van der Waals surface area (Å²) in [6.45, 7) is 3.13. The molecule has 6 heteroatoms. The molecule has 0 saturated heterocycles. The van der Waals surface area contributed by atoms with Gasteiger partial charge in [-0.2, -0.15) is 0 Å². The van der Waals surface area contributed by atoms with Crippen molar-refractivity contribution < 1.29 is 9.18 Å². The number of rotatable bonds is 7. The molecule has 1 heterocycles. The van der Waals surface area contributed by atoms with E-state index < -0.39 is 0 Å². The van der Waals surface area contributed by atoms with Crippen LogP contribution in [0, 0.1) is 5.82 Å². The van der Waals surface area contributed by atoms with Crippen molar-refractivity contribution in [3.63, 3.8) is 0 Å². The highest BCUT2D eigenvalue weighted by molar-refractivity contribution is 5.91. The Morgan fingerprint density at radius 2 is 2.00 bits per heavy atom. The van der Waals surface area contributed by atoms with Crippen molar-refractivity contribution in [3.05, 3.63) is 53.7 Å². The molecule has 0 aliphatic carbocycles. The average Bonchev–Trinajstić information content (AvgIpc) is 2.55. The molecule has 0 spiro atoms. The molecule has 5 nitrogen and oxygen atoms in total. The van der Waals surface area contributed by atoms with Gasteiger partial charge in [-0.3, -0.25) is 4.79 Å². The van der Waals surface area contributed by atoms with Gasteiger partial charge in [0.1, 0.15) is 17.3 Å². The Balaban J connectivity index is 1.84. The van der Waals surface area contributed by atoms with E-state index in [0.29, 0.717) is 30.9 Å². The van der Waals surface area contributed by atoms with Crippen molar-refractivity contribution in [2.24, 2.45) is 0 Å². The monoisotopic (exact) mass is 302 g/mol. The molecule has 2 aromatic rings. The highest BCUT2D eigenvalue weighted by atomic mass is 19.1. The molecule has 0 unspecified atom stereocenters. The van der Waals surface area contributed by atoms with Crippen LogP contribution in [0.25, 0.3) is 0 Å². The zero-order valence-corrected chi connectivity index (χ0v) is 12.5. The maximum Gasteiger partial charge on any atom is 0.271 e. The van der Waals surface area contributed by atoms with Crippen LogP contribution < -0.4 is 10.6 Å². The van der Waals surface area contributed by atoms with E-state index in [9.17, 15) is 9.18 Å². The van der Waals surface area contributed by atoms with Crippen LogP contribution in [-0.2, 0) is 6.42 Å². The van der Waals surface area contributed by atoms with E-state index in [1.807, 2.05) is 13.0 Å². The Hall–Kier alpha value is -2.50. The van der Waals surface area contributed by atoms with Crippen molar-refractivity contribution >= 4 is 11.7 Å². The zero-order valence-electron chi connectivity index (χ0n) is 12.5. The van der Waals surface area contributed by atoms with Gasteiger partial charge >= 0.3 is 0 Å². The first-order valence-corrected chi connectivity index (χ1v) is 7.28. The normalized spacial score (nSPS) is 10.3. The lowest BCUT2D eigenvalue weighted by Crippen LogP contribution is -2.25. The van der Waals surface area contributed by atoms with Crippen molar-refractivity contribution in [2.75, 3.05) is 18.4 Å². The lowest BCUT2D eigenvalue weighted by atomic mass is 10.1. The van der Waals surface area contributed by atoms with Crippen molar-refractivity contribution in [1.82, 2.24) is 15.3 Å². The number of benzene rings is 1. The molecule has 2 N–H and O–H groups in total. The summed E-state index contributed by atoms with van der Waals surface area (Å²) < 4.78 is 13.5. The van der Waals surface area contributed by atoms with Crippen LogP contribution in [0.4, 0.5) is 10.2 Å². The van der Waals surface area contributed by atoms with Crippen molar-refractivity contribution in [1.29, 1.82) is 0 Å². The Morgan fingerprint density at radius 1 is 1.18 bits per heavy atom. The molecule has 1 aromatic heterocycles. The number of anilines is 1. The van der Waals surface area contributed by atoms with E-state index in [-0.39, 0.29) is 17.4 Å². The molecule has 0 aliphatic rings. The van der Waals surface area contributed by atoms with Gasteiger partial charge in [-0.15, -0.1) is 0 Å². The maximum atomic E-state index is 13.5. The molecule has 1 amide bonds. The maximum absolute atomic E-state index is 13.5. The van der Waals surface area contributed by atoms with Gasteiger partial charge in [0.05, 0.1) is 12.4 Å². The van der Waals surface area contributed by atoms with Gasteiger partial charge in [0.15, 0.2) is 0 Å². The number of hydrogen-bond donors (Lipinski definition) is 2. The average molecular weight is 302 g/mol. The van der Waals surface area contributed by atoms with Gasteiger partial charge in [-0.25, -0.2) is 14.4 Å². The molecule has 0 atom stereocenters. The topological polar surface area (TPSA) is 66.9 Å². The second-order valence-electron chi connectivity index (χ2n) is 4.81. The van der Waals surface area contributed by atoms with Gasteiger partial charge in [-0.05, 0) is 24.5 Å². The van der Waals surface area contributed by atoms with Crippen molar-refractivity contribution in [3.8, 4) is 0 Å². The number of aromatic nitrogens is 2. The summed E-state index contributed by atoms with van der Waals surface area (Å²) in [5, 5.41) is 5.79. The predicted molar refractivity (Wildman–Crippen MR) is 83.2 cm³/mol. The van der Waals surface area contributed by atoms with Crippen molar-refractivity contribution in [2.45, 2.75) is 19.8 Å². The van der Waals surface area contributed by atoms with Crippen LogP contribution in [0.15, 0.2) is 36.7 Å². The molecule has 22 heavy (non-hydrogen) atoms. The molecule has 0 saturated carbocycles. The van der Waals surface area contributed by atoms with Crippen LogP contribution in [0.2, 0.25) is 0 Å². The first kappa shape index (κ1) is 15.9.